The number of rotatable bonds is 6. The van der Waals surface area contributed by atoms with Crippen LogP contribution in [0.3, 0.4) is 0 Å². The maximum absolute atomic E-state index is 5.11. The maximum atomic E-state index is 5.11. The highest BCUT2D eigenvalue weighted by atomic mass is 16.5. The Labute approximate surface area is 69.9 Å². The van der Waals surface area contributed by atoms with Gasteiger partial charge in [0.2, 0.25) is 0 Å². The summed E-state index contributed by atoms with van der Waals surface area (Å²) in [5.74, 6) is 1.24. The van der Waals surface area contributed by atoms with Gasteiger partial charge in [-0.1, -0.05) is 20.3 Å². The molecule has 2 heteroatoms. The molecule has 0 aliphatic heterocycles. The number of methoxy groups -OCH3 is 2. The third kappa shape index (κ3) is 4.38. The standard InChI is InChI=1S/C9H20O2/c1-5-9(7-11-4)8(2)6-10-3/h8-9H,5-7H2,1-4H3. The molecule has 0 spiro atoms. The first-order chi connectivity index (χ1) is 5.26. The normalized spacial score (nSPS) is 16.4. The molecule has 0 aromatic carbocycles. The summed E-state index contributed by atoms with van der Waals surface area (Å²) >= 11 is 0. The molecule has 2 unspecified atom stereocenters. The van der Waals surface area contributed by atoms with Crippen LogP contribution in [0.5, 0.6) is 0 Å². The second kappa shape index (κ2) is 6.62. The Bertz CT molecular complexity index is 83.6. The summed E-state index contributed by atoms with van der Waals surface area (Å²) in [6.07, 6.45) is 1.17. The summed E-state index contributed by atoms with van der Waals surface area (Å²) in [5, 5.41) is 0. The van der Waals surface area contributed by atoms with Crippen molar-refractivity contribution in [3.63, 3.8) is 0 Å². The predicted molar refractivity (Wildman–Crippen MR) is 46.7 cm³/mol. The van der Waals surface area contributed by atoms with Gasteiger partial charge in [-0.2, -0.15) is 0 Å². The highest BCUT2D eigenvalue weighted by molar-refractivity contribution is 4.63. The molecule has 0 aromatic heterocycles. The van der Waals surface area contributed by atoms with E-state index in [1.54, 1.807) is 14.2 Å². The van der Waals surface area contributed by atoms with Crippen LogP contribution in [0.4, 0.5) is 0 Å². The van der Waals surface area contributed by atoms with Crippen LogP contribution in [0.25, 0.3) is 0 Å². The highest BCUT2D eigenvalue weighted by Crippen LogP contribution is 2.15. The summed E-state index contributed by atoms with van der Waals surface area (Å²) in [6.45, 7) is 6.08. The lowest BCUT2D eigenvalue weighted by Gasteiger charge is -2.20. The van der Waals surface area contributed by atoms with E-state index < -0.39 is 0 Å². The summed E-state index contributed by atoms with van der Waals surface area (Å²) < 4.78 is 10.2. The minimum atomic E-state index is 0.602. The van der Waals surface area contributed by atoms with E-state index in [0.717, 1.165) is 13.2 Å². The number of hydrogen-bond acceptors (Lipinski definition) is 2. The molecule has 0 aromatic rings. The van der Waals surface area contributed by atoms with Crippen molar-refractivity contribution in [3.05, 3.63) is 0 Å². The van der Waals surface area contributed by atoms with Crippen molar-refractivity contribution < 1.29 is 9.47 Å². The van der Waals surface area contributed by atoms with Crippen LogP contribution in [0.2, 0.25) is 0 Å². The average molecular weight is 160 g/mol. The van der Waals surface area contributed by atoms with Gasteiger partial charge in [0.1, 0.15) is 0 Å². The third-order valence-corrected chi connectivity index (χ3v) is 2.14. The van der Waals surface area contributed by atoms with E-state index in [1.165, 1.54) is 6.42 Å². The van der Waals surface area contributed by atoms with Crippen LogP contribution in [0, 0.1) is 11.8 Å². The minimum absolute atomic E-state index is 0.602. The molecule has 11 heavy (non-hydrogen) atoms. The molecular formula is C9H20O2. The summed E-state index contributed by atoms with van der Waals surface area (Å²) in [4.78, 5) is 0. The van der Waals surface area contributed by atoms with Crippen molar-refractivity contribution in [1.29, 1.82) is 0 Å². The van der Waals surface area contributed by atoms with Gasteiger partial charge in [-0.05, 0) is 11.8 Å². The monoisotopic (exact) mass is 160 g/mol. The molecule has 0 N–H and O–H groups in total. The zero-order valence-electron chi connectivity index (χ0n) is 8.09. The molecule has 0 amide bonds. The molecule has 0 aliphatic rings. The Balaban J connectivity index is 3.61. The first kappa shape index (κ1) is 10.9. The zero-order valence-corrected chi connectivity index (χ0v) is 8.09. The molecule has 0 saturated carbocycles. The second-order valence-corrected chi connectivity index (χ2v) is 3.06. The molecule has 0 bridgehead atoms. The van der Waals surface area contributed by atoms with Gasteiger partial charge in [0.25, 0.3) is 0 Å². The fourth-order valence-corrected chi connectivity index (χ4v) is 1.30. The Kier molecular flexibility index (Phi) is 6.57. The average Bonchev–Trinajstić information content (AvgIpc) is 2.00. The van der Waals surface area contributed by atoms with Crippen molar-refractivity contribution in [2.24, 2.45) is 11.8 Å². The zero-order chi connectivity index (χ0) is 8.69. The van der Waals surface area contributed by atoms with Gasteiger partial charge in [0.15, 0.2) is 0 Å². The Hall–Kier alpha value is -0.0800. The van der Waals surface area contributed by atoms with Crippen molar-refractivity contribution in [2.75, 3.05) is 27.4 Å². The third-order valence-electron chi connectivity index (χ3n) is 2.14. The molecule has 0 radical (unpaired) electrons. The molecule has 68 valence electrons. The van der Waals surface area contributed by atoms with Crippen LogP contribution in [-0.4, -0.2) is 27.4 Å². The smallest absolute Gasteiger partial charge is 0.0493 e. The molecule has 0 fully saturated rings. The maximum Gasteiger partial charge on any atom is 0.0493 e. The van der Waals surface area contributed by atoms with Gasteiger partial charge in [-0.25, -0.2) is 0 Å². The Morgan fingerprint density at radius 3 is 2.00 bits per heavy atom. The first-order valence-electron chi connectivity index (χ1n) is 4.24. The van der Waals surface area contributed by atoms with Gasteiger partial charge in [0.05, 0.1) is 0 Å². The molecule has 0 saturated heterocycles. The van der Waals surface area contributed by atoms with Crippen LogP contribution in [-0.2, 0) is 9.47 Å². The van der Waals surface area contributed by atoms with E-state index in [4.69, 9.17) is 9.47 Å². The van der Waals surface area contributed by atoms with Gasteiger partial charge < -0.3 is 9.47 Å². The van der Waals surface area contributed by atoms with Gasteiger partial charge >= 0.3 is 0 Å². The van der Waals surface area contributed by atoms with Crippen molar-refractivity contribution in [1.82, 2.24) is 0 Å². The summed E-state index contributed by atoms with van der Waals surface area (Å²) in [6, 6.07) is 0. The lowest BCUT2D eigenvalue weighted by atomic mass is 9.93. The predicted octanol–water partition coefficient (Wildman–Crippen LogP) is 1.94. The van der Waals surface area contributed by atoms with Crippen molar-refractivity contribution >= 4 is 0 Å². The molecule has 2 nitrogen and oxygen atoms in total. The molecule has 0 heterocycles. The molecule has 0 rings (SSSR count). The summed E-state index contributed by atoms with van der Waals surface area (Å²) in [5.41, 5.74) is 0. The molecule has 0 aliphatic carbocycles. The van der Waals surface area contributed by atoms with E-state index >= 15 is 0 Å². The van der Waals surface area contributed by atoms with Gasteiger partial charge in [-0.3, -0.25) is 0 Å². The Morgan fingerprint density at radius 1 is 1.09 bits per heavy atom. The largest absolute Gasteiger partial charge is 0.384 e. The van der Waals surface area contributed by atoms with Crippen molar-refractivity contribution in [3.8, 4) is 0 Å². The van der Waals surface area contributed by atoms with E-state index in [1.807, 2.05) is 0 Å². The van der Waals surface area contributed by atoms with E-state index in [-0.39, 0.29) is 0 Å². The lowest BCUT2D eigenvalue weighted by Crippen LogP contribution is -2.20. The van der Waals surface area contributed by atoms with Crippen LogP contribution >= 0.6 is 0 Å². The van der Waals surface area contributed by atoms with E-state index in [0.29, 0.717) is 11.8 Å². The Morgan fingerprint density at radius 2 is 1.64 bits per heavy atom. The van der Waals surface area contributed by atoms with E-state index in [9.17, 15) is 0 Å². The highest BCUT2D eigenvalue weighted by Gasteiger charge is 2.14. The lowest BCUT2D eigenvalue weighted by molar-refractivity contribution is 0.0758. The first-order valence-corrected chi connectivity index (χ1v) is 4.24. The summed E-state index contributed by atoms with van der Waals surface area (Å²) in [7, 11) is 3.50. The molecule has 2 atom stereocenters. The second-order valence-electron chi connectivity index (χ2n) is 3.06. The molecular weight excluding hydrogens is 140 g/mol. The van der Waals surface area contributed by atoms with Crippen molar-refractivity contribution in [2.45, 2.75) is 20.3 Å². The number of ether oxygens (including phenoxy) is 2. The number of hydrogen-bond donors (Lipinski definition) is 0. The fourth-order valence-electron chi connectivity index (χ4n) is 1.30. The van der Waals surface area contributed by atoms with Gasteiger partial charge in [0, 0.05) is 27.4 Å². The van der Waals surface area contributed by atoms with Gasteiger partial charge in [-0.15, -0.1) is 0 Å². The SMILES string of the molecule is CCC(COC)C(C)COC. The fraction of sp³-hybridized carbons (Fsp3) is 1.00. The quantitative estimate of drug-likeness (QED) is 0.591. The van der Waals surface area contributed by atoms with E-state index in [2.05, 4.69) is 13.8 Å². The van der Waals surface area contributed by atoms with Crippen LogP contribution in [0.15, 0.2) is 0 Å². The van der Waals surface area contributed by atoms with Crippen LogP contribution < -0.4 is 0 Å². The van der Waals surface area contributed by atoms with Crippen LogP contribution in [0.1, 0.15) is 20.3 Å². The topological polar surface area (TPSA) is 18.5 Å². The minimum Gasteiger partial charge on any atom is -0.384 e.